The Bertz CT molecular complexity index is 123. The lowest BCUT2D eigenvalue weighted by atomic mass is 9.81. The van der Waals surface area contributed by atoms with Crippen molar-refractivity contribution in [1.82, 2.24) is 0 Å². The lowest BCUT2D eigenvalue weighted by molar-refractivity contribution is 0.417. The number of hydrogen-bond acceptors (Lipinski definition) is 0. The van der Waals surface area contributed by atoms with Gasteiger partial charge in [0.2, 0.25) is 0 Å². The summed E-state index contributed by atoms with van der Waals surface area (Å²) in [5.74, 6) is 2.93. The molecule has 1 rings (SSSR count). The van der Waals surface area contributed by atoms with E-state index < -0.39 is 0 Å². The molecule has 1 aliphatic carbocycles. The molecule has 0 amide bonds. The molecular formula is C15H29. The van der Waals surface area contributed by atoms with Gasteiger partial charge in [-0.05, 0) is 37.5 Å². The summed E-state index contributed by atoms with van der Waals surface area (Å²) < 4.78 is 0. The fourth-order valence-corrected chi connectivity index (χ4v) is 2.86. The smallest absolute Gasteiger partial charge is 0.0210 e. The molecule has 89 valence electrons. The van der Waals surface area contributed by atoms with Crippen LogP contribution in [0.15, 0.2) is 0 Å². The van der Waals surface area contributed by atoms with E-state index in [1.165, 1.54) is 70.6 Å². The second-order valence-corrected chi connectivity index (χ2v) is 5.20. The fraction of sp³-hybridized carbons (Fsp3) is 0.933. The molecule has 1 unspecified atom stereocenters. The van der Waals surface area contributed by atoms with Crippen molar-refractivity contribution in [3.05, 3.63) is 5.92 Å². The van der Waals surface area contributed by atoms with Crippen molar-refractivity contribution < 1.29 is 0 Å². The lowest BCUT2D eigenvalue weighted by Crippen LogP contribution is -2.11. The molecule has 0 nitrogen and oxygen atoms in total. The Morgan fingerprint density at radius 2 is 1.80 bits per heavy atom. The van der Waals surface area contributed by atoms with Crippen LogP contribution in [-0.2, 0) is 0 Å². The molecule has 1 atom stereocenters. The SMILES string of the molecule is CCCC[C]1CCCCCC1CCCC. The summed E-state index contributed by atoms with van der Waals surface area (Å²) >= 11 is 0. The number of unbranched alkanes of at least 4 members (excludes halogenated alkanes) is 2. The molecule has 1 fully saturated rings. The summed E-state index contributed by atoms with van der Waals surface area (Å²) in [6, 6.07) is 0. The van der Waals surface area contributed by atoms with Gasteiger partial charge in [-0.3, -0.25) is 0 Å². The van der Waals surface area contributed by atoms with Gasteiger partial charge in [0.05, 0.1) is 0 Å². The Kier molecular flexibility index (Phi) is 7.13. The van der Waals surface area contributed by atoms with Gasteiger partial charge in [-0.15, -0.1) is 0 Å². The van der Waals surface area contributed by atoms with Gasteiger partial charge in [-0.25, -0.2) is 0 Å². The van der Waals surface area contributed by atoms with Crippen LogP contribution in [-0.4, -0.2) is 0 Å². The lowest BCUT2D eigenvalue weighted by Gasteiger charge is -2.24. The summed E-state index contributed by atoms with van der Waals surface area (Å²) in [5, 5.41) is 0. The van der Waals surface area contributed by atoms with Crippen LogP contribution in [0.1, 0.15) is 84.5 Å². The van der Waals surface area contributed by atoms with Gasteiger partial charge < -0.3 is 0 Å². The third-order valence-electron chi connectivity index (χ3n) is 3.89. The highest BCUT2D eigenvalue weighted by atomic mass is 14.3. The molecule has 1 saturated carbocycles. The monoisotopic (exact) mass is 209 g/mol. The largest absolute Gasteiger partial charge is 0.0654 e. The van der Waals surface area contributed by atoms with Gasteiger partial charge in [0.15, 0.2) is 0 Å². The van der Waals surface area contributed by atoms with E-state index in [-0.39, 0.29) is 0 Å². The summed E-state index contributed by atoms with van der Waals surface area (Å²) in [7, 11) is 0. The second kappa shape index (κ2) is 8.19. The van der Waals surface area contributed by atoms with E-state index in [1.807, 2.05) is 5.92 Å². The molecular weight excluding hydrogens is 180 g/mol. The summed E-state index contributed by atoms with van der Waals surface area (Å²) in [6.07, 6.45) is 15.9. The Balaban J connectivity index is 2.35. The molecule has 0 aromatic heterocycles. The third-order valence-corrected chi connectivity index (χ3v) is 3.89. The van der Waals surface area contributed by atoms with E-state index in [0.29, 0.717) is 0 Å². The molecule has 0 aromatic rings. The average molecular weight is 209 g/mol. The third kappa shape index (κ3) is 5.04. The molecule has 0 bridgehead atoms. The Labute approximate surface area is 96.8 Å². The van der Waals surface area contributed by atoms with Gasteiger partial charge in [0.25, 0.3) is 0 Å². The summed E-state index contributed by atoms with van der Waals surface area (Å²) in [5.41, 5.74) is 0. The molecule has 1 radical (unpaired) electrons. The van der Waals surface area contributed by atoms with Crippen molar-refractivity contribution in [2.45, 2.75) is 84.5 Å². The van der Waals surface area contributed by atoms with Gasteiger partial charge in [0, 0.05) is 0 Å². The average Bonchev–Trinajstić information content (AvgIpc) is 2.48. The topological polar surface area (TPSA) is 0 Å². The Morgan fingerprint density at radius 3 is 2.53 bits per heavy atom. The first-order chi connectivity index (χ1) is 7.38. The minimum absolute atomic E-state index is 0.999. The first-order valence-corrected chi connectivity index (χ1v) is 7.23. The maximum atomic E-state index is 2.32. The molecule has 1 aliphatic rings. The highest BCUT2D eigenvalue weighted by Crippen LogP contribution is 2.36. The minimum atomic E-state index is 0.999. The second-order valence-electron chi connectivity index (χ2n) is 5.20. The molecule has 15 heavy (non-hydrogen) atoms. The minimum Gasteiger partial charge on any atom is -0.0654 e. The highest BCUT2D eigenvalue weighted by Gasteiger charge is 2.22. The van der Waals surface area contributed by atoms with E-state index >= 15 is 0 Å². The van der Waals surface area contributed by atoms with Crippen LogP contribution in [0.5, 0.6) is 0 Å². The van der Waals surface area contributed by atoms with Crippen molar-refractivity contribution in [3.63, 3.8) is 0 Å². The zero-order valence-electron chi connectivity index (χ0n) is 10.9. The first kappa shape index (κ1) is 13.1. The maximum absolute atomic E-state index is 2.32. The molecule has 0 heterocycles. The molecule has 0 aliphatic heterocycles. The van der Waals surface area contributed by atoms with E-state index in [9.17, 15) is 0 Å². The predicted octanol–water partition coefficient (Wildman–Crippen LogP) is 5.52. The van der Waals surface area contributed by atoms with Gasteiger partial charge in [-0.2, -0.15) is 0 Å². The van der Waals surface area contributed by atoms with E-state index in [4.69, 9.17) is 0 Å². The quantitative estimate of drug-likeness (QED) is 0.505. The molecule has 0 heteroatoms. The maximum Gasteiger partial charge on any atom is -0.0210 e. The molecule has 0 spiro atoms. The van der Waals surface area contributed by atoms with Crippen LogP contribution in [0.3, 0.4) is 0 Å². The van der Waals surface area contributed by atoms with Crippen LogP contribution in [0.2, 0.25) is 0 Å². The molecule has 0 saturated heterocycles. The van der Waals surface area contributed by atoms with Crippen molar-refractivity contribution in [2.75, 3.05) is 0 Å². The van der Waals surface area contributed by atoms with E-state index in [1.54, 1.807) is 0 Å². The molecule has 0 aromatic carbocycles. The van der Waals surface area contributed by atoms with Crippen molar-refractivity contribution in [1.29, 1.82) is 0 Å². The van der Waals surface area contributed by atoms with Gasteiger partial charge in [0.1, 0.15) is 0 Å². The van der Waals surface area contributed by atoms with Crippen LogP contribution in [0.25, 0.3) is 0 Å². The highest BCUT2D eigenvalue weighted by molar-refractivity contribution is 4.97. The van der Waals surface area contributed by atoms with Crippen molar-refractivity contribution >= 4 is 0 Å². The van der Waals surface area contributed by atoms with Crippen LogP contribution in [0, 0.1) is 11.8 Å². The standard InChI is InChI=1S/C15H29/c1-3-5-10-14-12-8-7-9-13-15(14)11-6-4-2/h14H,3-13H2,1-2H3. The number of hydrogen-bond donors (Lipinski definition) is 0. The van der Waals surface area contributed by atoms with Gasteiger partial charge in [-0.1, -0.05) is 58.8 Å². The van der Waals surface area contributed by atoms with Crippen LogP contribution < -0.4 is 0 Å². The molecule has 0 N–H and O–H groups in total. The van der Waals surface area contributed by atoms with Crippen molar-refractivity contribution in [2.24, 2.45) is 5.92 Å². The zero-order valence-corrected chi connectivity index (χ0v) is 10.9. The van der Waals surface area contributed by atoms with E-state index in [2.05, 4.69) is 13.8 Å². The van der Waals surface area contributed by atoms with Gasteiger partial charge >= 0.3 is 0 Å². The normalized spacial score (nSPS) is 24.0. The fourth-order valence-electron chi connectivity index (χ4n) is 2.86. The summed E-state index contributed by atoms with van der Waals surface area (Å²) in [6.45, 7) is 4.64. The number of rotatable bonds is 6. The Morgan fingerprint density at radius 1 is 1.00 bits per heavy atom. The first-order valence-electron chi connectivity index (χ1n) is 7.23. The Hall–Kier alpha value is 0. The van der Waals surface area contributed by atoms with Crippen LogP contribution in [0.4, 0.5) is 0 Å². The predicted molar refractivity (Wildman–Crippen MR) is 68.9 cm³/mol. The van der Waals surface area contributed by atoms with Crippen molar-refractivity contribution in [3.8, 4) is 0 Å². The van der Waals surface area contributed by atoms with Crippen LogP contribution >= 0.6 is 0 Å². The summed E-state index contributed by atoms with van der Waals surface area (Å²) in [4.78, 5) is 0. The zero-order chi connectivity index (χ0) is 10.9. The van der Waals surface area contributed by atoms with E-state index in [0.717, 1.165) is 5.92 Å².